The van der Waals surface area contributed by atoms with E-state index in [-0.39, 0.29) is 0 Å². The smallest absolute Gasteiger partial charge is 0.0491 e. The number of hydrogen-bond donors (Lipinski definition) is 0. The van der Waals surface area contributed by atoms with Gasteiger partial charge in [-0.25, -0.2) is 0 Å². The normalized spacial score (nSPS) is 14.2. The molecule has 1 radical (unpaired) electrons. The van der Waals surface area contributed by atoms with E-state index in [2.05, 4.69) is 79.0 Å². The highest BCUT2D eigenvalue weighted by molar-refractivity contribution is 5.81. The molecular formula is C20H22N. The first-order valence-electron chi connectivity index (χ1n) is 7.84. The molecule has 1 heterocycles. The molecule has 1 aliphatic rings. The molecule has 0 spiro atoms. The summed E-state index contributed by atoms with van der Waals surface area (Å²) in [6, 6.07) is 21.5. The maximum absolute atomic E-state index is 2.45. The Kier molecular flexibility index (Phi) is 4.40. The van der Waals surface area contributed by atoms with Crippen LogP contribution in [0.4, 0.5) is 0 Å². The highest BCUT2D eigenvalue weighted by atomic mass is 15.1. The van der Waals surface area contributed by atoms with Crippen molar-refractivity contribution >= 4 is 5.57 Å². The number of allylic oxidation sites excluding steroid dienone is 1. The van der Waals surface area contributed by atoms with Gasteiger partial charge in [0.25, 0.3) is 0 Å². The Morgan fingerprint density at radius 1 is 0.905 bits per heavy atom. The van der Waals surface area contributed by atoms with Crippen molar-refractivity contribution in [2.45, 2.75) is 26.2 Å². The quantitative estimate of drug-likeness (QED) is 0.749. The lowest BCUT2D eigenvalue weighted by molar-refractivity contribution is 0.468. The monoisotopic (exact) mass is 276 g/mol. The lowest BCUT2D eigenvalue weighted by Gasteiger charge is -2.25. The summed E-state index contributed by atoms with van der Waals surface area (Å²) in [5.74, 6) is 0. The third-order valence-electron chi connectivity index (χ3n) is 4.05. The van der Waals surface area contributed by atoms with Crippen molar-refractivity contribution in [3.63, 3.8) is 0 Å². The average Bonchev–Trinajstić information content (AvgIpc) is 3.08. The molecule has 1 fully saturated rings. The standard InChI is InChI=1S/C20H22N/c1-2-19(21-15-9-10-16-21)20(17-11-5-3-6-12-17)18-13-7-4-8-14-18/h3-8,11-15H,2,9-10,16H2,1H3. The van der Waals surface area contributed by atoms with Gasteiger partial charge in [0, 0.05) is 24.4 Å². The van der Waals surface area contributed by atoms with E-state index in [0.717, 1.165) is 13.0 Å². The van der Waals surface area contributed by atoms with E-state index in [0.29, 0.717) is 0 Å². The first-order chi connectivity index (χ1) is 10.4. The largest absolute Gasteiger partial charge is 0.369 e. The molecule has 0 atom stereocenters. The fourth-order valence-corrected chi connectivity index (χ4v) is 3.08. The van der Waals surface area contributed by atoms with Crippen molar-refractivity contribution in [2.24, 2.45) is 0 Å². The van der Waals surface area contributed by atoms with Gasteiger partial charge in [0.15, 0.2) is 0 Å². The summed E-state index contributed by atoms with van der Waals surface area (Å²) in [4.78, 5) is 2.45. The fourth-order valence-electron chi connectivity index (χ4n) is 3.08. The second-order valence-corrected chi connectivity index (χ2v) is 5.43. The van der Waals surface area contributed by atoms with Crippen LogP contribution in [0.5, 0.6) is 0 Å². The van der Waals surface area contributed by atoms with Crippen molar-refractivity contribution in [3.05, 3.63) is 84.0 Å². The Balaban J connectivity index is 2.15. The number of rotatable bonds is 4. The maximum atomic E-state index is 2.45. The van der Waals surface area contributed by atoms with Crippen molar-refractivity contribution in [1.82, 2.24) is 4.90 Å². The minimum Gasteiger partial charge on any atom is -0.369 e. The molecule has 1 aliphatic heterocycles. The van der Waals surface area contributed by atoms with Crippen molar-refractivity contribution in [1.29, 1.82) is 0 Å². The Labute approximate surface area is 127 Å². The third kappa shape index (κ3) is 3.02. The van der Waals surface area contributed by atoms with Gasteiger partial charge in [-0.2, -0.15) is 0 Å². The van der Waals surface area contributed by atoms with E-state index in [1.807, 2.05) is 0 Å². The molecule has 0 bridgehead atoms. The Hall–Kier alpha value is -2.02. The van der Waals surface area contributed by atoms with Crippen LogP contribution >= 0.6 is 0 Å². The summed E-state index contributed by atoms with van der Waals surface area (Å²) in [6.07, 6.45) is 3.51. The van der Waals surface area contributed by atoms with Crippen molar-refractivity contribution < 1.29 is 0 Å². The van der Waals surface area contributed by atoms with Crippen LogP contribution in [0.3, 0.4) is 0 Å². The summed E-state index contributed by atoms with van der Waals surface area (Å²) < 4.78 is 0. The molecule has 0 saturated carbocycles. The molecule has 0 N–H and O–H groups in total. The van der Waals surface area contributed by atoms with Crippen LogP contribution in [0, 0.1) is 6.54 Å². The molecule has 2 aromatic carbocycles. The van der Waals surface area contributed by atoms with Gasteiger partial charge in [-0.15, -0.1) is 0 Å². The van der Waals surface area contributed by atoms with Gasteiger partial charge in [0.1, 0.15) is 0 Å². The van der Waals surface area contributed by atoms with E-state index in [4.69, 9.17) is 0 Å². The lowest BCUT2D eigenvalue weighted by Crippen LogP contribution is -2.17. The highest BCUT2D eigenvalue weighted by Gasteiger charge is 2.19. The molecule has 21 heavy (non-hydrogen) atoms. The van der Waals surface area contributed by atoms with Crippen LogP contribution in [0.1, 0.15) is 37.3 Å². The van der Waals surface area contributed by atoms with E-state index in [1.165, 1.54) is 35.2 Å². The maximum Gasteiger partial charge on any atom is 0.0491 e. The van der Waals surface area contributed by atoms with Gasteiger partial charge >= 0.3 is 0 Å². The van der Waals surface area contributed by atoms with Gasteiger partial charge in [-0.1, -0.05) is 67.6 Å². The Bertz CT molecular complexity index is 551. The first-order valence-corrected chi connectivity index (χ1v) is 7.84. The van der Waals surface area contributed by atoms with Crippen molar-refractivity contribution in [2.75, 3.05) is 6.54 Å². The topological polar surface area (TPSA) is 3.24 Å². The number of likely N-dealkylation sites (tertiary alicyclic amines) is 1. The molecule has 107 valence electrons. The highest BCUT2D eigenvalue weighted by Crippen LogP contribution is 2.32. The van der Waals surface area contributed by atoms with Gasteiger partial charge in [0.2, 0.25) is 0 Å². The van der Waals surface area contributed by atoms with Crippen LogP contribution in [-0.2, 0) is 0 Å². The summed E-state index contributed by atoms with van der Waals surface area (Å²) in [7, 11) is 0. The molecule has 0 amide bonds. The van der Waals surface area contributed by atoms with Crippen molar-refractivity contribution in [3.8, 4) is 0 Å². The predicted molar refractivity (Wildman–Crippen MR) is 89.4 cm³/mol. The van der Waals surface area contributed by atoms with Crippen LogP contribution in [0.2, 0.25) is 0 Å². The zero-order valence-corrected chi connectivity index (χ0v) is 12.6. The zero-order chi connectivity index (χ0) is 14.5. The molecule has 0 unspecified atom stereocenters. The van der Waals surface area contributed by atoms with E-state index in [9.17, 15) is 0 Å². The summed E-state index contributed by atoms with van der Waals surface area (Å²) in [6.45, 7) is 5.75. The molecule has 3 rings (SSSR count). The predicted octanol–water partition coefficient (Wildman–Crippen LogP) is 5.11. The second kappa shape index (κ2) is 6.62. The zero-order valence-electron chi connectivity index (χ0n) is 12.6. The molecule has 0 aliphatic carbocycles. The molecule has 1 saturated heterocycles. The minimum absolute atomic E-state index is 1.05. The second-order valence-electron chi connectivity index (χ2n) is 5.43. The summed E-state index contributed by atoms with van der Waals surface area (Å²) >= 11 is 0. The Morgan fingerprint density at radius 2 is 1.48 bits per heavy atom. The minimum atomic E-state index is 1.05. The fraction of sp³-hybridized carbons (Fsp3) is 0.250. The van der Waals surface area contributed by atoms with Gasteiger partial charge < -0.3 is 4.90 Å². The number of hydrogen-bond acceptors (Lipinski definition) is 1. The SMILES string of the molecule is CCC(=C(c1ccccc1)c1ccccc1)N1[CH]CCC1. The molecular weight excluding hydrogens is 254 g/mol. The molecule has 0 aromatic heterocycles. The van der Waals surface area contributed by atoms with Crippen LogP contribution in [0.25, 0.3) is 5.57 Å². The molecule has 1 heteroatoms. The summed E-state index contributed by atoms with van der Waals surface area (Å²) in [5, 5.41) is 0. The number of nitrogens with zero attached hydrogens (tertiary/aromatic N) is 1. The third-order valence-corrected chi connectivity index (χ3v) is 4.05. The van der Waals surface area contributed by atoms with E-state index in [1.54, 1.807) is 0 Å². The molecule has 1 nitrogen and oxygen atoms in total. The van der Waals surface area contributed by atoms with Crippen LogP contribution in [0.15, 0.2) is 66.4 Å². The summed E-state index contributed by atoms with van der Waals surface area (Å²) in [5.41, 5.74) is 5.42. The van der Waals surface area contributed by atoms with E-state index < -0.39 is 0 Å². The number of benzene rings is 2. The first kappa shape index (κ1) is 13.9. The van der Waals surface area contributed by atoms with Gasteiger partial charge in [-0.3, -0.25) is 0 Å². The molecule has 2 aromatic rings. The lowest BCUT2D eigenvalue weighted by atomic mass is 9.94. The van der Waals surface area contributed by atoms with E-state index >= 15 is 0 Å². The van der Waals surface area contributed by atoms with Gasteiger partial charge in [-0.05, 0) is 30.4 Å². The average molecular weight is 276 g/mol. The Morgan fingerprint density at radius 3 is 1.90 bits per heavy atom. The van der Waals surface area contributed by atoms with Crippen LogP contribution in [-0.4, -0.2) is 11.4 Å². The van der Waals surface area contributed by atoms with Crippen LogP contribution < -0.4 is 0 Å². The van der Waals surface area contributed by atoms with Gasteiger partial charge in [0.05, 0.1) is 0 Å².